The van der Waals surface area contributed by atoms with Gasteiger partial charge in [-0.3, -0.25) is 4.79 Å². The number of nitrogens with zero attached hydrogens (tertiary/aromatic N) is 3. The van der Waals surface area contributed by atoms with Crippen molar-refractivity contribution in [2.75, 3.05) is 17.7 Å². The number of carbonyl (C=O) groups is 2. The molecule has 0 bridgehead atoms. The van der Waals surface area contributed by atoms with Crippen LogP contribution < -0.4 is 10.1 Å². The van der Waals surface area contributed by atoms with Gasteiger partial charge in [-0.05, 0) is 64.4 Å². The molecule has 0 saturated carbocycles. The maximum Gasteiger partial charge on any atom is 0.341 e. The highest BCUT2D eigenvalue weighted by Crippen LogP contribution is 2.33. The molecule has 0 aliphatic rings. The summed E-state index contributed by atoms with van der Waals surface area (Å²) in [6, 6.07) is 7.59. The largest absolute Gasteiger partial charge is 0.483 e. The fourth-order valence-corrected chi connectivity index (χ4v) is 5.37. The molecule has 0 fully saturated rings. The van der Waals surface area contributed by atoms with Crippen LogP contribution in [0.3, 0.4) is 0 Å². The summed E-state index contributed by atoms with van der Waals surface area (Å²) in [4.78, 5) is 26.0. The van der Waals surface area contributed by atoms with E-state index in [2.05, 4.69) is 31.4 Å². The van der Waals surface area contributed by atoms with E-state index < -0.39 is 5.97 Å². The standard InChI is InChI=1S/C23H27BrN4O4S2/c1-6-28-20(14(4)32-17-10-8-16(24)9-11-17)26-27-23(28)33-12-18(29)25-21-19(22(30)31-7-2)13(3)15(5)34-21/h8-11,14H,6-7,12H2,1-5H3,(H,25,29). The Morgan fingerprint density at radius 1 is 1.21 bits per heavy atom. The molecule has 3 aromatic rings. The minimum Gasteiger partial charge on any atom is -0.483 e. The fourth-order valence-electron chi connectivity index (χ4n) is 3.23. The number of rotatable bonds is 10. The Labute approximate surface area is 215 Å². The number of ether oxygens (including phenoxy) is 2. The number of carbonyl (C=O) groups excluding carboxylic acids is 2. The van der Waals surface area contributed by atoms with Gasteiger partial charge in [0, 0.05) is 15.9 Å². The molecule has 0 spiro atoms. The van der Waals surface area contributed by atoms with Crippen molar-refractivity contribution in [1.29, 1.82) is 0 Å². The minimum atomic E-state index is -0.428. The number of nitrogens with one attached hydrogen (secondary N) is 1. The SMILES string of the molecule is CCOC(=O)c1c(NC(=O)CSc2nnc(C(C)Oc3ccc(Br)cc3)n2CC)sc(C)c1C. The molecule has 3 rings (SSSR count). The van der Waals surface area contributed by atoms with Gasteiger partial charge in [-0.15, -0.1) is 21.5 Å². The van der Waals surface area contributed by atoms with Crippen molar-refractivity contribution in [1.82, 2.24) is 14.8 Å². The molecule has 2 heterocycles. The second-order valence-electron chi connectivity index (χ2n) is 7.34. The van der Waals surface area contributed by atoms with Crippen LogP contribution in [0.25, 0.3) is 0 Å². The quantitative estimate of drug-likeness (QED) is 0.245. The maximum atomic E-state index is 12.7. The number of halogens is 1. The molecule has 34 heavy (non-hydrogen) atoms. The summed E-state index contributed by atoms with van der Waals surface area (Å²) < 4.78 is 14.1. The molecule has 1 unspecified atom stereocenters. The Balaban J connectivity index is 1.66. The topological polar surface area (TPSA) is 95.3 Å². The smallest absolute Gasteiger partial charge is 0.341 e. The summed E-state index contributed by atoms with van der Waals surface area (Å²) in [5.41, 5.74) is 1.24. The lowest BCUT2D eigenvalue weighted by molar-refractivity contribution is -0.113. The van der Waals surface area contributed by atoms with Crippen LogP contribution in [-0.4, -0.2) is 39.0 Å². The highest BCUT2D eigenvalue weighted by atomic mass is 79.9. The zero-order valence-electron chi connectivity index (χ0n) is 19.7. The van der Waals surface area contributed by atoms with Gasteiger partial charge in [-0.25, -0.2) is 4.79 Å². The first-order chi connectivity index (χ1) is 16.2. The van der Waals surface area contributed by atoms with Gasteiger partial charge in [-0.1, -0.05) is 27.7 Å². The van der Waals surface area contributed by atoms with Crippen LogP contribution in [-0.2, 0) is 16.1 Å². The van der Waals surface area contributed by atoms with Crippen LogP contribution in [0.15, 0.2) is 33.9 Å². The van der Waals surface area contributed by atoms with Crippen molar-refractivity contribution in [3.63, 3.8) is 0 Å². The predicted octanol–water partition coefficient (Wildman–Crippen LogP) is 5.79. The van der Waals surface area contributed by atoms with E-state index in [0.717, 1.165) is 20.7 Å². The van der Waals surface area contributed by atoms with E-state index in [9.17, 15) is 9.59 Å². The van der Waals surface area contributed by atoms with Crippen molar-refractivity contribution in [3.05, 3.63) is 50.6 Å². The zero-order chi connectivity index (χ0) is 24.8. The van der Waals surface area contributed by atoms with Crippen LogP contribution >= 0.6 is 39.0 Å². The summed E-state index contributed by atoms with van der Waals surface area (Å²) >= 11 is 6.07. The third kappa shape index (κ3) is 6.19. The van der Waals surface area contributed by atoms with Crippen molar-refractivity contribution in [3.8, 4) is 5.75 Å². The van der Waals surface area contributed by atoms with Crippen molar-refractivity contribution >= 4 is 55.9 Å². The number of thiophene rings is 1. The van der Waals surface area contributed by atoms with Crippen LogP contribution in [0, 0.1) is 13.8 Å². The molecular formula is C23H27BrN4O4S2. The van der Waals surface area contributed by atoms with E-state index in [0.29, 0.717) is 28.1 Å². The molecule has 2 aromatic heterocycles. The lowest BCUT2D eigenvalue weighted by atomic mass is 10.1. The zero-order valence-corrected chi connectivity index (χ0v) is 22.9. The number of aryl methyl sites for hydroxylation is 1. The van der Waals surface area contributed by atoms with Crippen LogP contribution in [0.2, 0.25) is 0 Å². The first kappa shape index (κ1) is 26.2. The molecule has 8 nitrogen and oxygen atoms in total. The van der Waals surface area contributed by atoms with Crippen molar-refractivity contribution in [2.45, 2.75) is 52.4 Å². The average Bonchev–Trinajstić information content (AvgIpc) is 3.34. The van der Waals surface area contributed by atoms with Crippen molar-refractivity contribution < 1.29 is 19.1 Å². The van der Waals surface area contributed by atoms with Crippen LogP contribution in [0.4, 0.5) is 5.00 Å². The lowest BCUT2D eigenvalue weighted by Crippen LogP contribution is -2.17. The molecule has 11 heteroatoms. The minimum absolute atomic E-state index is 0.123. The van der Waals surface area contributed by atoms with E-state index >= 15 is 0 Å². The van der Waals surface area contributed by atoms with E-state index in [1.807, 2.05) is 56.5 Å². The third-order valence-corrected chi connectivity index (χ3v) is 7.62. The number of esters is 1. The Bertz CT molecular complexity index is 1160. The summed E-state index contributed by atoms with van der Waals surface area (Å²) in [6.45, 7) is 10.3. The molecular weight excluding hydrogens is 540 g/mol. The number of anilines is 1. The van der Waals surface area contributed by atoms with Gasteiger partial charge in [0.25, 0.3) is 0 Å². The fraction of sp³-hybridized carbons (Fsp3) is 0.391. The number of aromatic nitrogens is 3. The molecule has 0 radical (unpaired) electrons. The molecule has 1 N–H and O–H groups in total. The third-order valence-electron chi connectivity index (χ3n) is 5.00. The van der Waals surface area contributed by atoms with Crippen LogP contribution in [0.5, 0.6) is 5.75 Å². The second-order valence-corrected chi connectivity index (χ2v) is 10.4. The Hall–Kier alpha value is -2.37. The number of amides is 1. The molecule has 1 aromatic carbocycles. The van der Waals surface area contributed by atoms with Crippen molar-refractivity contribution in [2.24, 2.45) is 0 Å². The number of benzene rings is 1. The van der Waals surface area contributed by atoms with Gasteiger partial charge in [-0.2, -0.15) is 0 Å². The summed E-state index contributed by atoms with van der Waals surface area (Å²) in [6.07, 6.45) is -0.319. The first-order valence-corrected chi connectivity index (χ1v) is 13.4. The highest BCUT2D eigenvalue weighted by molar-refractivity contribution is 9.10. The highest BCUT2D eigenvalue weighted by Gasteiger charge is 2.23. The molecule has 0 saturated heterocycles. The normalized spacial score (nSPS) is 11.8. The number of hydrogen-bond acceptors (Lipinski definition) is 8. The lowest BCUT2D eigenvalue weighted by Gasteiger charge is -2.15. The van der Waals surface area contributed by atoms with E-state index in [-0.39, 0.29) is 24.4 Å². The number of thioether (sulfide) groups is 1. The molecule has 0 aliphatic heterocycles. The Kier molecular flexibility index (Phi) is 9.15. The summed E-state index contributed by atoms with van der Waals surface area (Å²) in [5, 5.41) is 12.6. The van der Waals surface area contributed by atoms with E-state index in [1.165, 1.54) is 23.1 Å². The van der Waals surface area contributed by atoms with E-state index in [4.69, 9.17) is 9.47 Å². The van der Waals surface area contributed by atoms with Gasteiger partial charge in [0.2, 0.25) is 5.91 Å². The Morgan fingerprint density at radius 2 is 1.91 bits per heavy atom. The molecule has 182 valence electrons. The second kappa shape index (κ2) is 11.9. The molecule has 1 atom stereocenters. The van der Waals surface area contributed by atoms with Gasteiger partial charge in [0.1, 0.15) is 10.8 Å². The van der Waals surface area contributed by atoms with E-state index in [1.54, 1.807) is 6.92 Å². The maximum absolute atomic E-state index is 12.7. The van der Waals surface area contributed by atoms with Crippen LogP contribution in [0.1, 0.15) is 53.5 Å². The first-order valence-electron chi connectivity index (χ1n) is 10.8. The van der Waals surface area contributed by atoms with Gasteiger partial charge in [0.05, 0.1) is 17.9 Å². The average molecular weight is 568 g/mol. The molecule has 1 amide bonds. The number of hydrogen-bond donors (Lipinski definition) is 1. The van der Waals surface area contributed by atoms with Gasteiger partial charge < -0.3 is 19.4 Å². The molecule has 0 aliphatic carbocycles. The Morgan fingerprint density at radius 3 is 2.56 bits per heavy atom. The monoisotopic (exact) mass is 566 g/mol. The van der Waals surface area contributed by atoms with Gasteiger partial charge >= 0.3 is 5.97 Å². The summed E-state index contributed by atoms with van der Waals surface area (Å²) in [7, 11) is 0. The summed E-state index contributed by atoms with van der Waals surface area (Å²) in [5.74, 6) is 0.875. The van der Waals surface area contributed by atoms with Gasteiger partial charge in [0.15, 0.2) is 17.1 Å². The predicted molar refractivity (Wildman–Crippen MR) is 138 cm³/mol.